The van der Waals surface area contributed by atoms with Gasteiger partial charge in [-0.25, -0.2) is 0 Å². The number of pyridine rings is 1. The lowest BCUT2D eigenvalue weighted by Crippen LogP contribution is -2.32. The molecule has 0 bridgehead atoms. The van der Waals surface area contributed by atoms with Crippen molar-refractivity contribution in [3.63, 3.8) is 0 Å². The molecule has 0 aromatic carbocycles. The van der Waals surface area contributed by atoms with Gasteiger partial charge in [0.1, 0.15) is 0 Å². The topological polar surface area (TPSA) is 54.4 Å². The summed E-state index contributed by atoms with van der Waals surface area (Å²) in [6, 6.07) is 5.95. The average molecular weight is 224 g/mol. The van der Waals surface area contributed by atoms with Crippen molar-refractivity contribution >= 4 is 0 Å². The predicted molar refractivity (Wildman–Crippen MR) is 63.2 cm³/mol. The number of hydrogen-bond donors (Lipinski definition) is 2. The van der Waals surface area contributed by atoms with Crippen molar-refractivity contribution in [3.05, 3.63) is 30.1 Å². The Balaban J connectivity index is 2.27. The van der Waals surface area contributed by atoms with Crippen molar-refractivity contribution in [3.8, 4) is 0 Å². The van der Waals surface area contributed by atoms with Gasteiger partial charge in [0.2, 0.25) is 0 Å². The van der Waals surface area contributed by atoms with Crippen LogP contribution in [0.1, 0.15) is 25.6 Å². The van der Waals surface area contributed by atoms with Crippen LogP contribution in [-0.2, 0) is 4.74 Å². The molecule has 0 radical (unpaired) electrons. The predicted octanol–water partition coefficient (Wildman–Crippen LogP) is 1.13. The molecule has 0 saturated carbocycles. The van der Waals surface area contributed by atoms with Gasteiger partial charge in [0.25, 0.3) is 0 Å². The Kier molecular flexibility index (Phi) is 6.00. The summed E-state index contributed by atoms with van der Waals surface area (Å²) in [5, 5.41) is 12.8. The number of ether oxygens (including phenoxy) is 1. The molecule has 90 valence electrons. The van der Waals surface area contributed by atoms with Gasteiger partial charge in [0.05, 0.1) is 18.4 Å². The molecule has 1 aromatic rings. The van der Waals surface area contributed by atoms with Crippen LogP contribution in [0.15, 0.2) is 24.4 Å². The van der Waals surface area contributed by atoms with Crippen molar-refractivity contribution in [2.45, 2.75) is 26.0 Å². The third-order valence-electron chi connectivity index (χ3n) is 2.31. The molecule has 0 aliphatic carbocycles. The number of aliphatic hydroxyl groups is 1. The van der Waals surface area contributed by atoms with E-state index in [1.54, 1.807) is 6.20 Å². The fourth-order valence-corrected chi connectivity index (χ4v) is 1.36. The zero-order valence-corrected chi connectivity index (χ0v) is 9.89. The van der Waals surface area contributed by atoms with Gasteiger partial charge in [-0.2, -0.15) is 0 Å². The fourth-order valence-electron chi connectivity index (χ4n) is 1.36. The lowest BCUT2D eigenvalue weighted by molar-refractivity contribution is 0.0416. The standard InChI is InChI=1S/C12H20N2O2/c1-3-16-9-11(15)8-14-10(2)12-6-4-5-7-13-12/h4-7,10-11,14-15H,3,8-9H2,1-2H3. The smallest absolute Gasteiger partial charge is 0.0897 e. The zero-order valence-electron chi connectivity index (χ0n) is 9.89. The van der Waals surface area contributed by atoms with Crippen molar-refractivity contribution < 1.29 is 9.84 Å². The summed E-state index contributed by atoms with van der Waals surface area (Å²) in [7, 11) is 0. The summed E-state index contributed by atoms with van der Waals surface area (Å²) in [4.78, 5) is 4.24. The summed E-state index contributed by atoms with van der Waals surface area (Å²) in [5.41, 5.74) is 0.978. The van der Waals surface area contributed by atoms with E-state index >= 15 is 0 Å². The Morgan fingerprint density at radius 3 is 2.94 bits per heavy atom. The van der Waals surface area contributed by atoms with Crippen LogP contribution in [0.25, 0.3) is 0 Å². The van der Waals surface area contributed by atoms with E-state index in [4.69, 9.17) is 4.74 Å². The lowest BCUT2D eigenvalue weighted by Gasteiger charge is -2.16. The highest BCUT2D eigenvalue weighted by Crippen LogP contribution is 2.07. The molecule has 16 heavy (non-hydrogen) atoms. The molecule has 2 atom stereocenters. The van der Waals surface area contributed by atoms with Gasteiger partial charge < -0.3 is 15.2 Å². The molecule has 2 N–H and O–H groups in total. The van der Waals surface area contributed by atoms with Crippen LogP contribution >= 0.6 is 0 Å². The molecular weight excluding hydrogens is 204 g/mol. The summed E-state index contributed by atoms with van der Waals surface area (Å²) in [6.07, 6.45) is 1.30. The normalized spacial score (nSPS) is 14.7. The van der Waals surface area contributed by atoms with Crippen molar-refractivity contribution in [1.82, 2.24) is 10.3 Å². The second-order valence-electron chi connectivity index (χ2n) is 3.70. The number of aromatic nitrogens is 1. The number of hydrogen-bond acceptors (Lipinski definition) is 4. The van der Waals surface area contributed by atoms with Crippen LogP contribution in [0.5, 0.6) is 0 Å². The third-order valence-corrected chi connectivity index (χ3v) is 2.31. The van der Waals surface area contributed by atoms with Crippen LogP contribution in [0, 0.1) is 0 Å². The minimum atomic E-state index is -0.467. The minimum absolute atomic E-state index is 0.137. The molecule has 2 unspecified atom stereocenters. The van der Waals surface area contributed by atoms with Crippen molar-refractivity contribution in [2.24, 2.45) is 0 Å². The quantitative estimate of drug-likeness (QED) is 0.729. The summed E-state index contributed by atoms with van der Waals surface area (Å²) >= 11 is 0. The first kappa shape index (κ1) is 13.1. The molecule has 1 heterocycles. The van der Waals surface area contributed by atoms with E-state index in [9.17, 15) is 5.11 Å². The molecule has 0 aliphatic rings. The van der Waals surface area contributed by atoms with E-state index in [1.165, 1.54) is 0 Å². The minimum Gasteiger partial charge on any atom is -0.389 e. The van der Waals surface area contributed by atoms with E-state index in [-0.39, 0.29) is 6.04 Å². The SMILES string of the molecule is CCOCC(O)CNC(C)c1ccccn1. The third kappa shape index (κ3) is 4.70. The average Bonchev–Trinajstić information content (AvgIpc) is 2.34. The Morgan fingerprint density at radius 2 is 2.31 bits per heavy atom. The molecule has 1 aromatic heterocycles. The van der Waals surface area contributed by atoms with Gasteiger partial charge in [0, 0.05) is 25.4 Å². The second-order valence-corrected chi connectivity index (χ2v) is 3.70. The maximum absolute atomic E-state index is 9.57. The first-order valence-electron chi connectivity index (χ1n) is 5.64. The molecule has 4 heteroatoms. The van der Waals surface area contributed by atoms with Crippen molar-refractivity contribution in [2.75, 3.05) is 19.8 Å². The number of rotatable bonds is 7. The largest absolute Gasteiger partial charge is 0.389 e. The Hall–Kier alpha value is -0.970. The molecule has 4 nitrogen and oxygen atoms in total. The van der Waals surface area contributed by atoms with Crippen LogP contribution in [0.4, 0.5) is 0 Å². The van der Waals surface area contributed by atoms with Gasteiger partial charge in [-0.05, 0) is 26.0 Å². The monoisotopic (exact) mass is 224 g/mol. The molecule has 0 amide bonds. The highest BCUT2D eigenvalue weighted by Gasteiger charge is 2.08. The molecule has 0 fully saturated rings. The maximum atomic E-state index is 9.57. The van der Waals surface area contributed by atoms with Crippen molar-refractivity contribution in [1.29, 1.82) is 0 Å². The first-order valence-corrected chi connectivity index (χ1v) is 5.64. The number of aliphatic hydroxyl groups excluding tert-OH is 1. The molecule has 0 spiro atoms. The molecular formula is C12H20N2O2. The Bertz CT molecular complexity index is 280. The van der Waals surface area contributed by atoms with Crippen LogP contribution in [-0.4, -0.2) is 36.0 Å². The van der Waals surface area contributed by atoms with Gasteiger partial charge in [0.15, 0.2) is 0 Å². The molecule has 0 saturated heterocycles. The van der Waals surface area contributed by atoms with E-state index in [1.807, 2.05) is 32.0 Å². The zero-order chi connectivity index (χ0) is 11.8. The number of nitrogens with zero attached hydrogens (tertiary/aromatic N) is 1. The fraction of sp³-hybridized carbons (Fsp3) is 0.583. The van der Waals surface area contributed by atoms with E-state index in [0.717, 1.165) is 5.69 Å². The summed E-state index contributed by atoms with van der Waals surface area (Å²) < 4.78 is 5.13. The van der Waals surface area contributed by atoms with Gasteiger partial charge in [-0.15, -0.1) is 0 Å². The van der Waals surface area contributed by atoms with Crippen LogP contribution in [0.2, 0.25) is 0 Å². The van der Waals surface area contributed by atoms with Gasteiger partial charge >= 0.3 is 0 Å². The first-order chi connectivity index (χ1) is 7.74. The highest BCUT2D eigenvalue weighted by atomic mass is 16.5. The number of nitrogens with one attached hydrogen (secondary N) is 1. The van der Waals surface area contributed by atoms with E-state index in [0.29, 0.717) is 19.8 Å². The summed E-state index contributed by atoms with van der Waals surface area (Å²) in [5.74, 6) is 0. The molecule has 0 aliphatic heterocycles. The lowest BCUT2D eigenvalue weighted by atomic mass is 10.2. The Labute approximate surface area is 96.7 Å². The van der Waals surface area contributed by atoms with Crippen LogP contribution in [0.3, 0.4) is 0 Å². The summed E-state index contributed by atoms with van der Waals surface area (Å²) in [6.45, 7) is 5.45. The second kappa shape index (κ2) is 7.33. The maximum Gasteiger partial charge on any atom is 0.0897 e. The van der Waals surface area contributed by atoms with Gasteiger partial charge in [-0.3, -0.25) is 4.98 Å². The highest BCUT2D eigenvalue weighted by molar-refractivity contribution is 5.07. The van der Waals surface area contributed by atoms with Gasteiger partial charge in [-0.1, -0.05) is 6.07 Å². The van der Waals surface area contributed by atoms with E-state index in [2.05, 4.69) is 10.3 Å². The van der Waals surface area contributed by atoms with Crippen LogP contribution < -0.4 is 5.32 Å². The molecule has 1 rings (SSSR count). The van der Waals surface area contributed by atoms with E-state index < -0.39 is 6.10 Å². The Morgan fingerprint density at radius 1 is 1.50 bits per heavy atom.